The second kappa shape index (κ2) is 9.97. The lowest BCUT2D eigenvalue weighted by Gasteiger charge is -2.39. The molecule has 2 aliphatic heterocycles. The molecule has 2 N–H and O–H groups in total. The van der Waals surface area contributed by atoms with E-state index in [-0.39, 0.29) is 23.9 Å². The highest BCUT2D eigenvalue weighted by molar-refractivity contribution is 5.94. The van der Waals surface area contributed by atoms with Gasteiger partial charge in [0.2, 0.25) is 11.8 Å². The maximum atomic E-state index is 12.8. The fourth-order valence-corrected chi connectivity index (χ4v) is 4.22. The molecule has 31 heavy (non-hydrogen) atoms. The summed E-state index contributed by atoms with van der Waals surface area (Å²) in [7, 11) is 0. The van der Waals surface area contributed by atoms with Crippen molar-refractivity contribution in [3.05, 3.63) is 24.3 Å². The Hall–Kier alpha value is -2.16. The lowest BCUT2D eigenvalue weighted by atomic mass is 10.1. The zero-order valence-corrected chi connectivity index (χ0v) is 18.7. The van der Waals surface area contributed by atoms with Gasteiger partial charge in [0.25, 0.3) is 0 Å². The molecule has 3 fully saturated rings. The highest BCUT2D eigenvalue weighted by Crippen LogP contribution is 2.21. The predicted octanol–water partition coefficient (Wildman–Crippen LogP) is 1.13. The number of ether oxygens (including phenoxy) is 1. The Bertz CT molecular complexity index is 753. The molecule has 1 aromatic rings. The topological polar surface area (TPSA) is 77.2 Å². The molecule has 0 spiro atoms. The number of benzene rings is 1. The summed E-state index contributed by atoms with van der Waals surface area (Å²) in [5.41, 5.74) is 1.98. The van der Waals surface area contributed by atoms with Gasteiger partial charge in [0.05, 0.1) is 25.3 Å². The van der Waals surface area contributed by atoms with Gasteiger partial charge in [-0.2, -0.15) is 0 Å². The average molecular weight is 430 g/mol. The van der Waals surface area contributed by atoms with Gasteiger partial charge in [-0.15, -0.1) is 0 Å². The van der Waals surface area contributed by atoms with Crippen molar-refractivity contribution in [2.24, 2.45) is 0 Å². The van der Waals surface area contributed by atoms with E-state index in [4.69, 9.17) is 4.74 Å². The summed E-state index contributed by atoms with van der Waals surface area (Å²) >= 11 is 0. The summed E-state index contributed by atoms with van der Waals surface area (Å²) in [4.78, 5) is 31.8. The molecule has 2 saturated heterocycles. The van der Waals surface area contributed by atoms with E-state index in [1.807, 2.05) is 26.0 Å². The van der Waals surface area contributed by atoms with Gasteiger partial charge >= 0.3 is 0 Å². The highest BCUT2D eigenvalue weighted by Gasteiger charge is 2.32. The predicted molar refractivity (Wildman–Crippen MR) is 121 cm³/mol. The number of carbonyl (C=O) groups is 2. The van der Waals surface area contributed by atoms with Crippen molar-refractivity contribution in [3.8, 4) is 0 Å². The third-order valence-corrected chi connectivity index (χ3v) is 6.64. The minimum Gasteiger partial charge on any atom is -0.378 e. The van der Waals surface area contributed by atoms with Crippen LogP contribution in [-0.2, 0) is 14.3 Å². The summed E-state index contributed by atoms with van der Waals surface area (Å²) in [6.07, 6.45) is 2.21. The van der Waals surface area contributed by atoms with Crippen molar-refractivity contribution in [3.63, 3.8) is 0 Å². The highest BCUT2D eigenvalue weighted by atomic mass is 16.5. The van der Waals surface area contributed by atoms with Gasteiger partial charge < -0.3 is 20.3 Å². The molecule has 2 heterocycles. The standard InChI is InChI=1S/C23H35N5O3/c1-17(22(29)24-19-3-4-19)26-9-11-27(12-10-26)18(2)23(30)25-20-5-7-21(8-6-20)28-13-15-31-16-14-28/h5-8,17-19H,3-4,9-16H2,1-2H3,(H,24,29)(H,25,30). The van der Waals surface area contributed by atoms with Crippen LogP contribution in [0.4, 0.5) is 11.4 Å². The van der Waals surface area contributed by atoms with Crippen molar-refractivity contribution in [2.75, 3.05) is 62.7 Å². The summed E-state index contributed by atoms with van der Waals surface area (Å²) in [6.45, 7) is 10.4. The van der Waals surface area contributed by atoms with Gasteiger partial charge in [-0.25, -0.2) is 0 Å². The van der Waals surface area contributed by atoms with Gasteiger partial charge in [0, 0.05) is 56.7 Å². The first-order chi connectivity index (χ1) is 15.0. The molecule has 1 aromatic carbocycles. The van der Waals surface area contributed by atoms with E-state index in [1.54, 1.807) is 0 Å². The number of morpholine rings is 1. The summed E-state index contributed by atoms with van der Waals surface area (Å²) < 4.78 is 5.40. The molecule has 0 aromatic heterocycles. The maximum absolute atomic E-state index is 12.8. The first-order valence-corrected chi connectivity index (χ1v) is 11.5. The monoisotopic (exact) mass is 429 g/mol. The van der Waals surface area contributed by atoms with Crippen LogP contribution in [0.25, 0.3) is 0 Å². The third-order valence-electron chi connectivity index (χ3n) is 6.64. The Kier molecular flexibility index (Phi) is 7.09. The number of hydrogen-bond acceptors (Lipinski definition) is 6. The van der Waals surface area contributed by atoms with Gasteiger partial charge in [0.15, 0.2) is 0 Å². The van der Waals surface area contributed by atoms with Crippen molar-refractivity contribution in [2.45, 2.75) is 44.8 Å². The first kappa shape index (κ1) is 22.0. The quantitative estimate of drug-likeness (QED) is 0.677. The maximum Gasteiger partial charge on any atom is 0.241 e. The van der Waals surface area contributed by atoms with Crippen LogP contribution < -0.4 is 15.5 Å². The number of rotatable bonds is 7. The van der Waals surface area contributed by atoms with E-state index in [2.05, 4.69) is 37.5 Å². The van der Waals surface area contributed by atoms with Gasteiger partial charge in [-0.1, -0.05) is 0 Å². The lowest BCUT2D eigenvalue weighted by molar-refractivity contribution is -0.128. The van der Waals surface area contributed by atoms with E-state index in [1.165, 1.54) is 0 Å². The van der Waals surface area contributed by atoms with Crippen molar-refractivity contribution < 1.29 is 14.3 Å². The van der Waals surface area contributed by atoms with Crippen LogP contribution >= 0.6 is 0 Å². The molecule has 3 aliphatic rings. The van der Waals surface area contributed by atoms with Gasteiger partial charge in [0.1, 0.15) is 0 Å². The van der Waals surface area contributed by atoms with E-state index in [9.17, 15) is 9.59 Å². The molecule has 170 valence electrons. The summed E-state index contributed by atoms with van der Waals surface area (Å²) in [5.74, 6) is 0.134. The molecule has 8 heteroatoms. The number of nitrogens with zero attached hydrogens (tertiary/aromatic N) is 3. The number of anilines is 2. The van der Waals surface area contributed by atoms with E-state index in [0.717, 1.165) is 76.7 Å². The Morgan fingerprint density at radius 2 is 1.42 bits per heavy atom. The Morgan fingerprint density at radius 1 is 0.871 bits per heavy atom. The number of amides is 2. The van der Waals surface area contributed by atoms with Gasteiger partial charge in [-0.3, -0.25) is 19.4 Å². The normalized spacial score (nSPS) is 22.6. The minimum atomic E-state index is -0.211. The largest absolute Gasteiger partial charge is 0.378 e. The molecular formula is C23H35N5O3. The third kappa shape index (κ3) is 5.75. The Labute approximate surface area is 184 Å². The lowest BCUT2D eigenvalue weighted by Crippen LogP contribution is -2.57. The molecule has 2 unspecified atom stereocenters. The van der Waals surface area contributed by atoms with Crippen LogP contribution in [0.15, 0.2) is 24.3 Å². The Balaban J connectivity index is 1.23. The van der Waals surface area contributed by atoms with Gasteiger partial charge in [-0.05, 0) is 51.0 Å². The average Bonchev–Trinajstić information content (AvgIpc) is 3.63. The minimum absolute atomic E-state index is 0.00657. The summed E-state index contributed by atoms with van der Waals surface area (Å²) in [6, 6.07) is 8.11. The number of piperazine rings is 1. The second-order valence-electron chi connectivity index (χ2n) is 8.84. The van der Waals surface area contributed by atoms with Crippen molar-refractivity contribution >= 4 is 23.2 Å². The smallest absolute Gasteiger partial charge is 0.241 e. The van der Waals surface area contributed by atoms with E-state index < -0.39 is 0 Å². The first-order valence-electron chi connectivity index (χ1n) is 11.5. The Morgan fingerprint density at radius 3 is 1.97 bits per heavy atom. The van der Waals surface area contributed by atoms with Crippen molar-refractivity contribution in [1.82, 2.24) is 15.1 Å². The zero-order chi connectivity index (χ0) is 21.8. The molecular weight excluding hydrogens is 394 g/mol. The molecule has 2 atom stereocenters. The summed E-state index contributed by atoms with van der Waals surface area (Å²) in [5, 5.41) is 6.14. The number of nitrogens with one attached hydrogen (secondary N) is 2. The van der Waals surface area contributed by atoms with Crippen LogP contribution in [-0.4, -0.2) is 92.2 Å². The molecule has 0 bridgehead atoms. The molecule has 1 saturated carbocycles. The van der Waals surface area contributed by atoms with E-state index >= 15 is 0 Å². The van der Waals surface area contributed by atoms with Crippen LogP contribution in [0.1, 0.15) is 26.7 Å². The second-order valence-corrected chi connectivity index (χ2v) is 8.84. The van der Waals surface area contributed by atoms with E-state index in [0.29, 0.717) is 6.04 Å². The molecule has 2 amide bonds. The van der Waals surface area contributed by atoms with Crippen LogP contribution in [0.2, 0.25) is 0 Å². The zero-order valence-electron chi connectivity index (χ0n) is 18.7. The fourth-order valence-electron chi connectivity index (χ4n) is 4.22. The fraction of sp³-hybridized carbons (Fsp3) is 0.652. The van der Waals surface area contributed by atoms with Crippen LogP contribution in [0.3, 0.4) is 0 Å². The van der Waals surface area contributed by atoms with Crippen LogP contribution in [0, 0.1) is 0 Å². The molecule has 4 rings (SSSR count). The SMILES string of the molecule is CC(C(=O)Nc1ccc(N2CCOCC2)cc1)N1CCN(C(C)C(=O)NC2CC2)CC1. The molecule has 8 nitrogen and oxygen atoms in total. The number of carbonyl (C=O) groups excluding carboxylic acids is 2. The number of hydrogen-bond donors (Lipinski definition) is 2. The molecule has 1 aliphatic carbocycles. The molecule has 0 radical (unpaired) electrons. The van der Waals surface area contributed by atoms with Crippen LogP contribution in [0.5, 0.6) is 0 Å². The van der Waals surface area contributed by atoms with Crippen molar-refractivity contribution in [1.29, 1.82) is 0 Å².